The Hall–Kier alpha value is -3.10. The molecule has 0 aliphatic carbocycles. The zero-order valence-electron chi connectivity index (χ0n) is 17.0. The maximum atomic E-state index is 12.8. The highest BCUT2D eigenvalue weighted by atomic mass is 35.5. The molecule has 1 saturated heterocycles. The summed E-state index contributed by atoms with van der Waals surface area (Å²) in [5.74, 6) is -1.13. The molecular weight excluding hydrogens is 457 g/mol. The molecule has 1 fully saturated rings. The van der Waals surface area contributed by atoms with Gasteiger partial charge in [0.15, 0.2) is 6.10 Å². The lowest BCUT2D eigenvalue weighted by Gasteiger charge is -2.29. The number of piperidine rings is 1. The largest absolute Gasteiger partial charge is 0.481 e. The van der Waals surface area contributed by atoms with E-state index in [9.17, 15) is 19.2 Å². The molecule has 2 heterocycles. The van der Waals surface area contributed by atoms with E-state index >= 15 is 0 Å². The molecule has 32 heavy (non-hydrogen) atoms. The molecule has 2 aliphatic heterocycles. The van der Waals surface area contributed by atoms with E-state index in [4.69, 9.17) is 27.9 Å². The lowest BCUT2D eigenvalue weighted by Crippen LogP contribution is -2.52. The van der Waals surface area contributed by atoms with Crippen molar-refractivity contribution in [1.29, 1.82) is 0 Å². The van der Waals surface area contributed by atoms with E-state index in [0.29, 0.717) is 32.6 Å². The zero-order valence-corrected chi connectivity index (χ0v) is 18.5. The van der Waals surface area contributed by atoms with Gasteiger partial charge in [-0.25, -0.2) is 0 Å². The molecule has 2 atom stereocenters. The Morgan fingerprint density at radius 3 is 2.59 bits per heavy atom. The number of amides is 4. The molecule has 2 aromatic rings. The van der Waals surface area contributed by atoms with E-state index in [2.05, 4.69) is 10.6 Å². The fraction of sp³-hybridized carbons (Fsp3) is 0.273. The summed E-state index contributed by atoms with van der Waals surface area (Å²) in [4.78, 5) is 50.3. The normalized spacial score (nSPS) is 18.8. The van der Waals surface area contributed by atoms with Crippen LogP contribution in [0.3, 0.4) is 0 Å². The minimum Gasteiger partial charge on any atom is -0.481 e. The predicted octanol–water partition coefficient (Wildman–Crippen LogP) is 3.16. The smallest absolute Gasteiger partial charge is 0.265 e. The lowest BCUT2D eigenvalue weighted by molar-refractivity contribution is -0.137. The van der Waals surface area contributed by atoms with Gasteiger partial charge >= 0.3 is 0 Å². The first kappa shape index (κ1) is 22.1. The molecule has 2 N–H and O–H groups in total. The van der Waals surface area contributed by atoms with Crippen molar-refractivity contribution in [2.24, 2.45) is 0 Å². The van der Waals surface area contributed by atoms with Gasteiger partial charge in [0, 0.05) is 18.5 Å². The number of anilines is 1. The number of imide groups is 1. The standard InChI is InChI=1S/C22H19Cl2N3O5/c1-11(20(29)26-19-15(23)3-2-4-16(19)24)32-13-5-6-14-12(9-13)10-27(22(14)31)17-7-8-18(28)25-21(17)30/h2-6,9,11,17H,7-8,10H2,1H3,(H,26,29)(H,25,28,30). The molecule has 2 aliphatic rings. The predicted molar refractivity (Wildman–Crippen MR) is 118 cm³/mol. The van der Waals surface area contributed by atoms with Gasteiger partial charge in [0.2, 0.25) is 11.8 Å². The number of nitrogens with zero attached hydrogens (tertiary/aromatic N) is 1. The first-order valence-corrected chi connectivity index (χ1v) is 10.7. The van der Waals surface area contributed by atoms with Crippen LogP contribution in [0.15, 0.2) is 36.4 Å². The van der Waals surface area contributed by atoms with Gasteiger partial charge in [0.1, 0.15) is 11.8 Å². The number of rotatable bonds is 5. The molecule has 8 nitrogen and oxygen atoms in total. The monoisotopic (exact) mass is 475 g/mol. The Morgan fingerprint density at radius 1 is 1.19 bits per heavy atom. The average Bonchev–Trinajstić information content (AvgIpc) is 3.06. The number of carbonyl (C=O) groups excluding carboxylic acids is 4. The van der Waals surface area contributed by atoms with E-state index in [1.807, 2.05) is 0 Å². The van der Waals surface area contributed by atoms with Gasteiger partial charge in [-0.2, -0.15) is 0 Å². The molecule has 0 bridgehead atoms. The number of hydrogen-bond acceptors (Lipinski definition) is 5. The lowest BCUT2D eigenvalue weighted by atomic mass is 10.0. The summed E-state index contributed by atoms with van der Waals surface area (Å²) >= 11 is 12.2. The van der Waals surface area contributed by atoms with E-state index in [-0.39, 0.29) is 31.2 Å². The number of para-hydroxylation sites is 1. The zero-order chi connectivity index (χ0) is 23.0. The van der Waals surface area contributed by atoms with Crippen LogP contribution in [0.4, 0.5) is 5.69 Å². The van der Waals surface area contributed by atoms with E-state index in [1.165, 1.54) is 4.90 Å². The highest BCUT2D eigenvalue weighted by Gasteiger charge is 2.39. The summed E-state index contributed by atoms with van der Waals surface area (Å²) in [5, 5.41) is 5.54. The van der Waals surface area contributed by atoms with Gasteiger partial charge in [-0.3, -0.25) is 24.5 Å². The van der Waals surface area contributed by atoms with Crippen LogP contribution in [0, 0.1) is 0 Å². The highest BCUT2D eigenvalue weighted by Crippen LogP contribution is 2.32. The van der Waals surface area contributed by atoms with Gasteiger partial charge in [-0.05, 0) is 49.2 Å². The third-order valence-corrected chi connectivity index (χ3v) is 6.02. The Bertz CT molecular complexity index is 1120. The van der Waals surface area contributed by atoms with E-state index in [1.54, 1.807) is 43.3 Å². The third-order valence-electron chi connectivity index (χ3n) is 5.39. The van der Waals surface area contributed by atoms with Crippen molar-refractivity contribution in [3.63, 3.8) is 0 Å². The van der Waals surface area contributed by atoms with Gasteiger partial charge in [0.25, 0.3) is 11.8 Å². The van der Waals surface area contributed by atoms with Gasteiger partial charge < -0.3 is 15.0 Å². The van der Waals surface area contributed by atoms with Gasteiger partial charge in [0.05, 0.1) is 15.7 Å². The van der Waals surface area contributed by atoms with Crippen LogP contribution < -0.4 is 15.4 Å². The van der Waals surface area contributed by atoms with Crippen LogP contribution in [0.2, 0.25) is 10.0 Å². The quantitative estimate of drug-likeness (QED) is 0.646. The summed E-state index contributed by atoms with van der Waals surface area (Å²) < 4.78 is 5.75. The minimum atomic E-state index is -0.872. The molecule has 4 amide bonds. The van der Waals surface area contributed by atoms with Crippen molar-refractivity contribution in [2.45, 2.75) is 38.5 Å². The molecule has 0 saturated carbocycles. The number of ether oxygens (including phenoxy) is 1. The minimum absolute atomic E-state index is 0.187. The highest BCUT2D eigenvalue weighted by molar-refractivity contribution is 6.39. The summed E-state index contributed by atoms with van der Waals surface area (Å²) in [7, 11) is 0. The van der Waals surface area contributed by atoms with Crippen molar-refractivity contribution < 1.29 is 23.9 Å². The first-order valence-electron chi connectivity index (χ1n) is 9.93. The second-order valence-electron chi connectivity index (χ2n) is 7.56. The van der Waals surface area contributed by atoms with Crippen LogP contribution in [0.1, 0.15) is 35.7 Å². The average molecular weight is 476 g/mol. The molecule has 166 valence electrons. The maximum Gasteiger partial charge on any atom is 0.265 e. The molecule has 2 aromatic carbocycles. The van der Waals surface area contributed by atoms with Crippen LogP contribution in [0.5, 0.6) is 5.75 Å². The maximum absolute atomic E-state index is 12.8. The number of hydrogen-bond donors (Lipinski definition) is 2. The molecule has 4 rings (SSSR count). The number of fused-ring (bicyclic) bond motifs is 1. The Kier molecular flexibility index (Phi) is 6.08. The van der Waals surface area contributed by atoms with Crippen molar-refractivity contribution in [3.8, 4) is 5.75 Å². The fourth-order valence-corrected chi connectivity index (χ4v) is 4.22. The number of benzene rings is 2. The Labute approximate surface area is 193 Å². The summed E-state index contributed by atoms with van der Waals surface area (Å²) in [6.07, 6.45) is -0.397. The van der Waals surface area contributed by atoms with E-state index in [0.717, 1.165) is 0 Å². The topological polar surface area (TPSA) is 105 Å². The van der Waals surface area contributed by atoms with Crippen molar-refractivity contribution in [2.75, 3.05) is 5.32 Å². The van der Waals surface area contributed by atoms with Gasteiger partial charge in [-0.15, -0.1) is 0 Å². The summed E-state index contributed by atoms with van der Waals surface area (Å²) in [5.41, 5.74) is 1.44. The van der Waals surface area contributed by atoms with Crippen molar-refractivity contribution in [3.05, 3.63) is 57.6 Å². The van der Waals surface area contributed by atoms with E-state index < -0.39 is 24.0 Å². The second-order valence-corrected chi connectivity index (χ2v) is 8.38. The fourth-order valence-electron chi connectivity index (χ4n) is 3.72. The first-order chi connectivity index (χ1) is 15.2. The molecule has 0 spiro atoms. The Balaban J connectivity index is 1.44. The third kappa shape index (κ3) is 4.28. The van der Waals surface area contributed by atoms with Crippen molar-refractivity contribution in [1.82, 2.24) is 10.2 Å². The second kappa shape index (κ2) is 8.80. The van der Waals surface area contributed by atoms with Crippen LogP contribution in [0.25, 0.3) is 0 Å². The number of carbonyl (C=O) groups is 4. The molecule has 0 radical (unpaired) electrons. The molecule has 10 heteroatoms. The molecular formula is C22H19Cl2N3O5. The summed E-state index contributed by atoms with van der Waals surface area (Å²) in [6, 6.07) is 9.07. The molecule has 0 aromatic heterocycles. The van der Waals surface area contributed by atoms with Crippen LogP contribution in [-0.2, 0) is 20.9 Å². The van der Waals surface area contributed by atoms with Crippen LogP contribution >= 0.6 is 23.2 Å². The SMILES string of the molecule is CC(Oc1ccc2c(c1)CN(C1CCC(=O)NC1=O)C2=O)C(=O)Nc1c(Cl)cccc1Cl. The van der Waals surface area contributed by atoms with Crippen LogP contribution in [-0.4, -0.2) is 40.7 Å². The Morgan fingerprint density at radius 2 is 1.91 bits per heavy atom. The van der Waals surface area contributed by atoms with Crippen molar-refractivity contribution >= 4 is 52.5 Å². The molecule has 2 unspecified atom stereocenters. The summed E-state index contributed by atoms with van der Waals surface area (Å²) in [6.45, 7) is 1.79. The number of nitrogens with one attached hydrogen (secondary N) is 2. The number of halogens is 2. The van der Waals surface area contributed by atoms with Gasteiger partial charge in [-0.1, -0.05) is 29.3 Å².